The van der Waals surface area contributed by atoms with Crippen molar-refractivity contribution in [3.63, 3.8) is 0 Å². The molecule has 0 fully saturated rings. The molecular formula is C20H16ClNO5. The zero-order valence-corrected chi connectivity index (χ0v) is 15.4. The fraction of sp³-hybridized carbons (Fsp3) is 0.100. The lowest BCUT2D eigenvalue weighted by molar-refractivity contribution is 0.0996. The second kappa shape index (κ2) is 7.97. The zero-order valence-electron chi connectivity index (χ0n) is 14.6. The van der Waals surface area contributed by atoms with Gasteiger partial charge in [-0.3, -0.25) is 9.59 Å². The molecular weight excluding hydrogens is 370 g/mol. The maximum atomic E-state index is 13.1. The van der Waals surface area contributed by atoms with Crippen LogP contribution in [0.4, 0.5) is 5.69 Å². The first-order valence-electron chi connectivity index (χ1n) is 7.95. The topological polar surface area (TPSA) is 77.8 Å². The molecule has 1 amide bonds. The van der Waals surface area contributed by atoms with Gasteiger partial charge in [0, 0.05) is 11.6 Å². The highest BCUT2D eigenvalue weighted by atomic mass is 35.5. The van der Waals surface area contributed by atoms with E-state index in [-0.39, 0.29) is 22.8 Å². The molecule has 2 aromatic carbocycles. The molecule has 0 spiro atoms. The van der Waals surface area contributed by atoms with Crippen molar-refractivity contribution in [2.24, 2.45) is 0 Å². The molecule has 0 unspecified atom stereocenters. The van der Waals surface area contributed by atoms with Crippen LogP contribution in [0.5, 0.6) is 11.5 Å². The van der Waals surface area contributed by atoms with Crippen molar-refractivity contribution >= 4 is 29.0 Å². The van der Waals surface area contributed by atoms with Crippen LogP contribution in [0.2, 0.25) is 5.02 Å². The fourth-order valence-electron chi connectivity index (χ4n) is 2.55. The van der Waals surface area contributed by atoms with Gasteiger partial charge in [-0.05, 0) is 30.3 Å². The zero-order chi connectivity index (χ0) is 19.4. The predicted octanol–water partition coefficient (Wildman–Crippen LogP) is 4.43. The van der Waals surface area contributed by atoms with Gasteiger partial charge in [0.2, 0.25) is 0 Å². The van der Waals surface area contributed by atoms with E-state index in [1.54, 1.807) is 30.3 Å². The van der Waals surface area contributed by atoms with Gasteiger partial charge < -0.3 is 19.2 Å². The molecule has 3 aromatic rings. The summed E-state index contributed by atoms with van der Waals surface area (Å²) < 4.78 is 15.7. The van der Waals surface area contributed by atoms with Gasteiger partial charge in [-0.2, -0.15) is 0 Å². The smallest absolute Gasteiger partial charge is 0.291 e. The Morgan fingerprint density at radius 1 is 0.963 bits per heavy atom. The maximum Gasteiger partial charge on any atom is 0.291 e. The number of benzene rings is 2. The summed E-state index contributed by atoms with van der Waals surface area (Å²) in [5, 5.41) is 2.98. The molecule has 0 bridgehead atoms. The molecule has 1 aromatic heterocycles. The number of hydrogen-bond acceptors (Lipinski definition) is 5. The third kappa shape index (κ3) is 3.80. The van der Waals surface area contributed by atoms with Crippen LogP contribution in [-0.2, 0) is 0 Å². The molecule has 0 aliphatic heterocycles. The van der Waals surface area contributed by atoms with E-state index in [9.17, 15) is 9.59 Å². The van der Waals surface area contributed by atoms with E-state index in [2.05, 4.69) is 5.32 Å². The number of hydrogen-bond donors (Lipinski definition) is 1. The average molecular weight is 386 g/mol. The lowest BCUT2D eigenvalue weighted by Gasteiger charge is -2.15. The Morgan fingerprint density at radius 2 is 1.67 bits per heavy atom. The number of anilines is 1. The molecule has 7 heteroatoms. The predicted molar refractivity (Wildman–Crippen MR) is 101 cm³/mol. The van der Waals surface area contributed by atoms with Gasteiger partial charge in [0.05, 0.1) is 36.8 Å². The fourth-order valence-corrected chi connectivity index (χ4v) is 2.77. The Morgan fingerprint density at radius 3 is 2.30 bits per heavy atom. The minimum Gasteiger partial charge on any atom is -0.493 e. The van der Waals surface area contributed by atoms with Crippen LogP contribution in [0.3, 0.4) is 0 Å². The number of rotatable bonds is 6. The maximum absolute atomic E-state index is 13.1. The number of ketones is 1. The van der Waals surface area contributed by atoms with Crippen molar-refractivity contribution in [1.82, 2.24) is 0 Å². The quantitative estimate of drug-likeness (QED) is 0.635. The molecule has 1 heterocycles. The van der Waals surface area contributed by atoms with Crippen molar-refractivity contribution in [2.75, 3.05) is 19.5 Å². The van der Waals surface area contributed by atoms with Gasteiger partial charge in [-0.15, -0.1) is 0 Å². The molecule has 0 aliphatic rings. The van der Waals surface area contributed by atoms with Crippen molar-refractivity contribution < 1.29 is 23.5 Å². The monoisotopic (exact) mass is 385 g/mol. The van der Waals surface area contributed by atoms with Gasteiger partial charge in [-0.1, -0.05) is 23.7 Å². The number of carbonyl (C=O) groups is 2. The van der Waals surface area contributed by atoms with Crippen molar-refractivity contribution in [3.8, 4) is 11.5 Å². The third-order valence-electron chi connectivity index (χ3n) is 3.88. The Kier molecular flexibility index (Phi) is 5.47. The molecule has 27 heavy (non-hydrogen) atoms. The molecule has 0 atom stereocenters. The summed E-state index contributed by atoms with van der Waals surface area (Å²) in [6.45, 7) is 0. The molecule has 6 nitrogen and oxygen atoms in total. The summed E-state index contributed by atoms with van der Waals surface area (Å²) in [5.74, 6) is -0.0375. The number of ether oxygens (including phenoxy) is 2. The molecule has 1 N–H and O–H groups in total. The average Bonchev–Trinajstić information content (AvgIpc) is 3.22. The summed E-state index contributed by atoms with van der Waals surface area (Å²) in [5.41, 5.74) is 0.763. The molecule has 0 aliphatic carbocycles. The molecule has 0 saturated carbocycles. The number of carbonyl (C=O) groups excluding carboxylic acids is 2. The second-order valence-electron chi connectivity index (χ2n) is 5.49. The standard InChI is InChI=1S/C20H16ClNO5/c1-25-17-10-13(19(23)12-6-3-4-7-14(12)21)15(11-18(17)26-2)22-20(24)16-8-5-9-27-16/h3-11H,1-2H3,(H,22,24). The van der Waals surface area contributed by atoms with Gasteiger partial charge >= 0.3 is 0 Å². The van der Waals surface area contributed by atoms with Crippen molar-refractivity contribution in [2.45, 2.75) is 0 Å². The van der Waals surface area contributed by atoms with Gasteiger partial charge in [0.15, 0.2) is 23.0 Å². The first-order valence-corrected chi connectivity index (χ1v) is 8.33. The highest BCUT2D eigenvalue weighted by Gasteiger charge is 2.22. The van der Waals surface area contributed by atoms with Crippen LogP contribution < -0.4 is 14.8 Å². The number of furan rings is 1. The third-order valence-corrected chi connectivity index (χ3v) is 4.21. The van der Waals surface area contributed by atoms with E-state index < -0.39 is 5.91 Å². The minimum absolute atomic E-state index is 0.112. The van der Waals surface area contributed by atoms with E-state index in [1.165, 1.54) is 38.7 Å². The normalized spacial score (nSPS) is 10.3. The highest BCUT2D eigenvalue weighted by molar-refractivity contribution is 6.35. The Balaban J connectivity index is 2.09. The van der Waals surface area contributed by atoms with Crippen LogP contribution in [0.25, 0.3) is 0 Å². The lowest BCUT2D eigenvalue weighted by Crippen LogP contribution is -2.15. The highest BCUT2D eigenvalue weighted by Crippen LogP contribution is 2.35. The molecule has 138 valence electrons. The van der Waals surface area contributed by atoms with Crippen molar-refractivity contribution in [3.05, 3.63) is 76.7 Å². The van der Waals surface area contributed by atoms with E-state index in [0.29, 0.717) is 22.1 Å². The van der Waals surface area contributed by atoms with Crippen LogP contribution in [0, 0.1) is 0 Å². The number of methoxy groups -OCH3 is 2. The second-order valence-corrected chi connectivity index (χ2v) is 5.90. The van der Waals surface area contributed by atoms with E-state index in [0.717, 1.165) is 0 Å². The van der Waals surface area contributed by atoms with Crippen LogP contribution in [0.15, 0.2) is 59.2 Å². The number of nitrogens with one attached hydrogen (secondary N) is 1. The van der Waals surface area contributed by atoms with E-state index >= 15 is 0 Å². The lowest BCUT2D eigenvalue weighted by atomic mass is 10.0. The Hall–Kier alpha value is -3.25. The largest absolute Gasteiger partial charge is 0.493 e. The summed E-state index contributed by atoms with van der Waals surface area (Å²) >= 11 is 6.16. The molecule has 0 saturated heterocycles. The summed E-state index contributed by atoms with van der Waals surface area (Å²) in [4.78, 5) is 25.5. The number of halogens is 1. The Bertz CT molecular complexity index is 982. The van der Waals surface area contributed by atoms with Gasteiger partial charge in [0.25, 0.3) is 5.91 Å². The van der Waals surface area contributed by atoms with Gasteiger partial charge in [0.1, 0.15) is 0 Å². The number of amides is 1. The van der Waals surface area contributed by atoms with Gasteiger partial charge in [-0.25, -0.2) is 0 Å². The Labute approximate surface area is 160 Å². The van der Waals surface area contributed by atoms with Crippen molar-refractivity contribution in [1.29, 1.82) is 0 Å². The summed E-state index contributed by atoms with van der Waals surface area (Å²) in [6, 6.07) is 12.8. The minimum atomic E-state index is -0.500. The first-order chi connectivity index (χ1) is 13.0. The molecule has 3 rings (SSSR count). The summed E-state index contributed by atoms with van der Waals surface area (Å²) in [6.07, 6.45) is 1.39. The summed E-state index contributed by atoms with van der Waals surface area (Å²) in [7, 11) is 2.92. The first kappa shape index (κ1) is 18.5. The van der Waals surface area contributed by atoms with Crippen LogP contribution in [0.1, 0.15) is 26.5 Å². The SMILES string of the molecule is COc1cc(NC(=O)c2ccco2)c(C(=O)c2ccccc2Cl)cc1OC. The van der Waals surface area contributed by atoms with Crippen LogP contribution >= 0.6 is 11.6 Å². The van der Waals surface area contributed by atoms with E-state index in [1.807, 2.05) is 0 Å². The van der Waals surface area contributed by atoms with Crippen LogP contribution in [-0.4, -0.2) is 25.9 Å². The molecule has 0 radical (unpaired) electrons. The van der Waals surface area contributed by atoms with E-state index in [4.69, 9.17) is 25.5 Å².